The quantitative estimate of drug-likeness (QED) is 0.623. The normalized spacial score (nSPS) is 11.4. The Morgan fingerprint density at radius 3 is 1.55 bits per heavy atom. The Hall–Kier alpha value is -0.110. The highest BCUT2D eigenvalue weighted by Gasteiger charge is 2.24. The van der Waals surface area contributed by atoms with E-state index in [9.17, 15) is 4.57 Å². The summed E-state index contributed by atoms with van der Waals surface area (Å²) in [5.41, 5.74) is 0.969. The number of allylic oxidation sites excluding steroid dienone is 2. The van der Waals surface area contributed by atoms with Gasteiger partial charge < -0.3 is 9.05 Å². The van der Waals surface area contributed by atoms with Crippen molar-refractivity contribution in [3.63, 3.8) is 0 Å². The zero-order valence-electron chi connectivity index (χ0n) is 7.67. The summed E-state index contributed by atoms with van der Waals surface area (Å²) in [6.45, 7) is 5.50. The topological polar surface area (TPSA) is 35.5 Å². The highest BCUT2D eigenvalue weighted by Crippen LogP contribution is 2.55. The highest BCUT2D eigenvalue weighted by atomic mass is 31.2. The number of hydrogen-bond acceptors (Lipinski definition) is 3. The molecule has 0 bridgehead atoms. The van der Waals surface area contributed by atoms with Crippen LogP contribution in [0.1, 0.15) is 20.8 Å². The summed E-state index contributed by atoms with van der Waals surface area (Å²) in [5, 5.41) is 0.683. The van der Waals surface area contributed by atoms with Gasteiger partial charge in [-0.1, -0.05) is 5.57 Å². The van der Waals surface area contributed by atoms with Crippen molar-refractivity contribution in [2.24, 2.45) is 0 Å². The Labute approximate surface area is 67.9 Å². The summed E-state index contributed by atoms with van der Waals surface area (Å²) in [6, 6.07) is 0. The predicted molar refractivity (Wildman–Crippen MR) is 45.7 cm³/mol. The second kappa shape index (κ2) is 4.05. The van der Waals surface area contributed by atoms with E-state index in [1.165, 1.54) is 14.2 Å². The first-order valence-corrected chi connectivity index (χ1v) is 4.88. The summed E-state index contributed by atoms with van der Waals surface area (Å²) in [7, 11) is -0.177. The van der Waals surface area contributed by atoms with Crippen molar-refractivity contribution in [3.8, 4) is 0 Å². The molecule has 0 atom stereocenters. The molecule has 0 aromatic rings. The van der Waals surface area contributed by atoms with Crippen LogP contribution < -0.4 is 0 Å². The lowest BCUT2D eigenvalue weighted by Crippen LogP contribution is -1.91. The van der Waals surface area contributed by atoms with E-state index in [4.69, 9.17) is 9.05 Å². The van der Waals surface area contributed by atoms with E-state index in [0.29, 0.717) is 5.31 Å². The maximum atomic E-state index is 11.6. The summed E-state index contributed by atoms with van der Waals surface area (Å²) >= 11 is 0. The molecule has 0 saturated heterocycles. The summed E-state index contributed by atoms with van der Waals surface area (Å²) in [4.78, 5) is 0. The molecule has 0 amide bonds. The smallest absolute Gasteiger partial charge is 0.309 e. The molecule has 0 aliphatic carbocycles. The minimum absolute atomic E-state index is 0.683. The molecule has 0 unspecified atom stereocenters. The molecule has 0 radical (unpaired) electrons. The fraction of sp³-hybridized carbons (Fsp3) is 0.714. The molecule has 0 N–H and O–H groups in total. The Morgan fingerprint density at radius 2 is 1.45 bits per heavy atom. The van der Waals surface area contributed by atoms with Crippen molar-refractivity contribution < 1.29 is 13.6 Å². The Kier molecular flexibility index (Phi) is 4.01. The molecule has 66 valence electrons. The molecule has 0 aliphatic heterocycles. The summed E-state index contributed by atoms with van der Waals surface area (Å²) < 4.78 is 21.2. The second-order valence-corrected chi connectivity index (χ2v) is 4.84. The zero-order chi connectivity index (χ0) is 9.07. The van der Waals surface area contributed by atoms with Crippen LogP contribution in [0.2, 0.25) is 0 Å². The van der Waals surface area contributed by atoms with Gasteiger partial charge in [0.2, 0.25) is 0 Å². The van der Waals surface area contributed by atoms with E-state index >= 15 is 0 Å². The first-order valence-electron chi connectivity index (χ1n) is 3.34. The Morgan fingerprint density at radius 1 is 1.09 bits per heavy atom. The van der Waals surface area contributed by atoms with Gasteiger partial charge in [-0.3, -0.25) is 4.57 Å². The van der Waals surface area contributed by atoms with Gasteiger partial charge in [-0.2, -0.15) is 0 Å². The fourth-order valence-electron chi connectivity index (χ4n) is 0.622. The minimum atomic E-state index is -2.95. The lowest BCUT2D eigenvalue weighted by molar-refractivity contribution is 0.283. The van der Waals surface area contributed by atoms with Gasteiger partial charge in [0.15, 0.2) is 0 Å². The van der Waals surface area contributed by atoms with Gasteiger partial charge in [-0.25, -0.2) is 0 Å². The van der Waals surface area contributed by atoms with Crippen LogP contribution in [-0.2, 0) is 13.6 Å². The summed E-state index contributed by atoms with van der Waals surface area (Å²) in [6.07, 6.45) is 0. The SMILES string of the molecule is COP(=O)(OC)C(C)=C(C)C. The van der Waals surface area contributed by atoms with Gasteiger partial charge in [0, 0.05) is 19.5 Å². The number of rotatable bonds is 3. The van der Waals surface area contributed by atoms with Crippen molar-refractivity contribution in [2.45, 2.75) is 20.8 Å². The monoisotopic (exact) mass is 178 g/mol. The lowest BCUT2D eigenvalue weighted by Gasteiger charge is -2.14. The molecule has 11 heavy (non-hydrogen) atoms. The van der Waals surface area contributed by atoms with Gasteiger partial charge in [0.05, 0.1) is 0 Å². The summed E-state index contributed by atoms with van der Waals surface area (Å²) in [5.74, 6) is 0. The lowest BCUT2D eigenvalue weighted by atomic mass is 10.3. The minimum Gasteiger partial charge on any atom is -0.309 e. The molecule has 0 aromatic carbocycles. The van der Waals surface area contributed by atoms with Crippen molar-refractivity contribution in [1.29, 1.82) is 0 Å². The predicted octanol–water partition coefficient (Wildman–Crippen LogP) is 2.79. The van der Waals surface area contributed by atoms with E-state index in [1.807, 2.05) is 13.8 Å². The third-order valence-corrected chi connectivity index (χ3v) is 3.85. The molecule has 0 rings (SSSR count). The standard InChI is InChI=1S/C7H15O3P/c1-6(2)7(3)11(8,9-4)10-5/h1-5H3. The van der Waals surface area contributed by atoms with Crippen molar-refractivity contribution in [1.82, 2.24) is 0 Å². The van der Waals surface area contributed by atoms with Crippen LogP contribution in [0.3, 0.4) is 0 Å². The van der Waals surface area contributed by atoms with Gasteiger partial charge in [0.1, 0.15) is 0 Å². The molecule has 0 heterocycles. The van der Waals surface area contributed by atoms with Crippen LogP contribution in [0.25, 0.3) is 0 Å². The van der Waals surface area contributed by atoms with Gasteiger partial charge in [-0.05, 0) is 20.8 Å². The zero-order valence-corrected chi connectivity index (χ0v) is 8.57. The van der Waals surface area contributed by atoms with Gasteiger partial charge >= 0.3 is 7.60 Å². The van der Waals surface area contributed by atoms with E-state index in [0.717, 1.165) is 5.57 Å². The molecule has 0 spiro atoms. The van der Waals surface area contributed by atoms with Crippen LogP contribution in [-0.4, -0.2) is 14.2 Å². The average Bonchev–Trinajstić information content (AvgIpc) is 2.01. The molecule has 0 saturated carbocycles. The third kappa shape index (κ3) is 2.44. The molecular formula is C7H15O3P. The van der Waals surface area contributed by atoms with Crippen molar-refractivity contribution in [2.75, 3.05) is 14.2 Å². The van der Waals surface area contributed by atoms with Crippen LogP contribution >= 0.6 is 7.60 Å². The Bertz CT molecular complexity index is 196. The van der Waals surface area contributed by atoms with Crippen LogP contribution in [0.4, 0.5) is 0 Å². The van der Waals surface area contributed by atoms with Crippen LogP contribution in [0, 0.1) is 0 Å². The number of hydrogen-bond donors (Lipinski definition) is 0. The maximum absolute atomic E-state index is 11.6. The molecular weight excluding hydrogens is 163 g/mol. The third-order valence-electron chi connectivity index (χ3n) is 1.62. The fourth-order valence-corrected chi connectivity index (χ4v) is 1.87. The molecule has 0 fully saturated rings. The largest absolute Gasteiger partial charge is 0.356 e. The second-order valence-electron chi connectivity index (χ2n) is 2.45. The average molecular weight is 178 g/mol. The molecule has 0 aromatic heterocycles. The highest BCUT2D eigenvalue weighted by molar-refractivity contribution is 7.58. The first-order chi connectivity index (χ1) is 4.98. The van der Waals surface area contributed by atoms with Crippen molar-refractivity contribution in [3.05, 3.63) is 10.9 Å². The van der Waals surface area contributed by atoms with Crippen molar-refractivity contribution >= 4 is 7.60 Å². The van der Waals surface area contributed by atoms with E-state index in [1.54, 1.807) is 6.92 Å². The van der Waals surface area contributed by atoms with E-state index in [-0.39, 0.29) is 0 Å². The molecule has 3 nitrogen and oxygen atoms in total. The van der Waals surface area contributed by atoms with E-state index in [2.05, 4.69) is 0 Å². The molecule has 4 heteroatoms. The molecule has 0 aliphatic rings. The first kappa shape index (κ1) is 10.9. The van der Waals surface area contributed by atoms with Gasteiger partial charge in [-0.15, -0.1) is 0 Å². The van der Waals surface area contributed by atoms with E-state index < -0.39 is 7.60 Å². The van der Waals surface area contributed by atoms with Crippen LogP contribution in [0.5, 0.6) is 0 Å². The Balaban J connectivity index is 4.81. The maximum Gasteiger partial charge on any atom is 0.356 e. The van der Waals surface area contributed by atoms with Crippen LogP contribution in [0.15, 0.2) is 10.9 Å². The van der Waals surface area contributed by atoms with Gasteiger partial charge in [0.25, 0.3) is 0 Å².